The van der Waals surface area contributed by atoms with E-state index in [4.69, 9.17) is 27.9 Å². The van der Waals surface area contributed by atoms with Crippen LogP contribution in [-0.4, -0.2) is 28.5 Å². The van der Waals surface area contributed by atoms with Crippen LogP contribution in [0.5, 0.6) is 5.75 Å². The van der Waals surface area contributed by atoms with E-state index in [-0.39, 0.29) is 4.91 Å². The molecule has 9 heteroatoms. The number of hydrogen-bond acceptors (Lipinski definition) is 5. The molecular weight excluding hydrogens is 495 g/mol. The molecule has 0 bridgehead atoms. The van der Waals surface area contributed by atoms with E-state index >= 15 is 0 Å². The van der Waals surface area contributed by atoms with Crippen molar-refractivity contribution in [3.63, 3.8) is 0 Å². The number of halogens is 2. The number of ether oxygens (including phenoxy) is 1. The van der Waals surface area contributed by atoms with Gasteiger partial charge in [-0.05, 0) is 53.7 Å². The molecule has 0 spiro atoms. The maximum absolute atomic E-state index is 12.7. The van der Waals surface area contributed by atoms with Crippen LogP contribution in [0.1, 0.15) is 11.1 Å². The minimum absolute atomic E-state index is 0.236. The summed E-state index contributed by atoms with van der Waals surface area (Å²) < 4.78 is 5.76. The number of hydrogen-bond donors (Lipinski definition) is 1. The summed E-state index contributed by atoms with van der Waals surface area (Å²) in [5.41, 5.74) is 2.00. The average Bonchev–Trinajstić information content (AvgIpc) is 3.08. The molecule has 0 saturated carbocycles. The second-order valence-corrected chi connectivity index (χ2v) is 9.05. The predicted molar refractivity (Wildman–Crippen MR) is 135 cm³/mol. The van der Waals surface area contributed by atoms with Crippen LogP contribution in [0.3, 0.4) is 0 Å². The standard InChI is InChI=1S/C25H18Cl2N2O4S/c26-19-6-2-1-5-17(19)15-33-18-11-9-16(10-12-18)13-22-24(31)29(25(32)34-22)14-23(30)28-21-8-4-3-7-20(21)27/h1-13H,14-15H2,(H,28,30)/b22-13+. The van der Waals surface area contributed by atoms with Gasteiger partial charge in [-0.1, -0.05) is 65.7 Å². The van der Waals surface area contributed by atoms with E-state index in [0.29, 0.717) is 28.1 Å². The van der Waals surface area contributed by atoms with Gasteiger partial charge in [0.25, 0.3) is 11.1 Å². The number of benzene rings is 3. The number of para-hydroxylation sites is 1. The lowest BCUT2D eigenvalue weighted by Gasteiger charge is -2.13. The van der Waals surface area contributed by atoms with E-state index < -0.39 is 23.6 Å². The van der Waals surface area contributed by atoms with E-state index in [0.717, 1.165) is 27.8 Å². The summed E-state index contributed by atoms with van der Waals surface area (Å²) in [4.78, 5) is 38.5. The summed E-state index contributed by atoms with van der Waals surface area (Å²) in [6.07, 6.45) is 1.61. The van der Waals surface area contributed by atoms with Crippen molar-refractivity contribution in [2.75, 3.05) is 11.9 Å². The Kier molecular flexibility index (Phi) is 7.57. The van der Waals surface area contributed by atoms with Crippen LogP contribution in [-0.2, 0) is 16.2 Å². The first-order valence-corrected chi connectivity index (χ1v) is 11.7. The molecule has 1 aliphatic rings. The molecule has 1 fully saturated rings. The van der Waals surface area contributed by atoms with Crippen molar-refractivity contribution in [2.24, 2.45) is 0 Å². The van der Waals surface area contributed by atoms with Crippen LogP contribution >= 0.6 is 35.0 Å². The summed E-state index contributed by atoms with van der Waals surface area (Å²) in [6.45, 7) is -0.0732. The maximum atomic E-state index is 12.7. The zero-order valence-electron chi connectivity index (χ0n) is 17.7. The van der Waals surface area contributed by atoms with Gasteiger partial charge in [-0.15, -0.1) is 0 Å². The van der Waals surface area contributed by atoms with Crippen molar-refractivity contribution in [3.8, 4) is 5.75 Å². The number of amides is 3. The normalized spacial score (nSPS) is 14.5. The molecule has 4 rings (SSSR count). The Bertz CT molecular complexity index is 1280. The summed E-state index contributed by atoms with van der Waals surface area (Å²) >= 11 is 13.0. The Labute approximate surface area is 210 Å². The highest BCUT2D eigenvalue weighted by atomic mass is 35.5. The molecule has 172 valence electrons. The van der Waals surface area contributed by atoms with E-state index in [1.807, 2.05) is 18.2 Å². The minimum Gasteiger partial charge on any atom is -0.489 e. The van der Waals surface area contributed by atoms with Gasteiger partial charge in [-0.25, -0.2) is 0 Å². The summed E-state index contributed by atoms with van der Waals surface area (Å²) in [5, 5.41) is 3.10. The van der Waals surface area contributed by atoms with Crippen LogP contribution < -0.4 is 10.1 Å². The monoisotopic (exact) mass is 512 g/mol. The van der Waals surface area contributed by atoms with Gasteiger partial charge in [0.15, 0.2) is 0 Å². The molecule has 1 aliphatic heterocycles. The number of rotatable bonds is 7. The summed E-state index contributed by atoms with van der Waals surface area (Å²) in [6, 6.07) is 21.2. The predicted octanol–water partition coefficient (Wildman–Crippen LogP) is 6.25. The molecule has 0 atom stereocenters. The zero-order chi connectivity index (χ0) is 24.1. The van der Waals surface area contributed by atoms with E-state index in [1.54, 1.807) is 60.7 Å². The van der Waals surface area contributed by atoms with Crippen LogP contribution in [0.4, 0.5) is 10.5 Å². The summed E-state index contributed by atoms with van der Waals surface area (Å²) in [7, 11) is 0. The molecule has 3 aromatic rings. The van der Waals surface area contributed by atoms with E-state index in [9.17, 15) is 14.4 Å². The topological polar surface area (TPSA) is 75.7 Å². The van der Waals surface area contributed by atoms with E-state index in [2.05, 4.69) is 5.32 Å². The molecule has 0 radical (unpaired) electrons. The van der Waals surface area contributed by atoms with Gasteiger partial charge in [0.1, 0.15) is 18.9 Å². The average molecular weight is 513 g/mol. The zero-order valence-corrected chi connectivity index (χ0v) is 20.0. The molecule has 1 heterocycles. The van der Waals surface area contributed by atoms with Gasteiger partial charge in [0, 0.05) is 10.6 Å². The highest BCUT2D eigenvalue weighted by Crippen LogP contribution is 2.32. The first-order valence-electron chi connectivity index (χ1n) is 10.2. The number of carbonyl (C=O) groups excluding carboxylic acids is 3. The molecule has 1 saturated heterocycles. The Morgan fingerprint density at radius 1 is 0.941 bits per heavy atom. The first kappa shape index (κ1) is 23.9. The number of carbonyl (C=O) groups is 3. The third kappa shape index (κ3) is 5.80. The smallest absolute Gasteiger partial charge is 0.294 e. The van der Waals surface area contributed by atoms with Gasteiger partial charge >= 0.3 is 0 Å². The fourth-order valence-electron chi connectivity index (χ4n) is 3.12. The van der Waals surface area contributed by atoms with Gasteiger partial charge in [0.05, 0.1) is 15.6 Å². The quantitative estimate of drug-likeness (QED) is 0.378. The first-order chi connectivity index (χ1) is 16.4. The second-order valence-electron chi connectivity index (χ2n) is 7.24. The van der Waals surface area contributed by atoms with Crippen molar-refractivity contribution in [1.82, 2.24) is 4.90 Å². The molecule has 3 aromatic carbocycles. The maximum Gasteiger partial charge on any atom is 0.294 e. The third-order valence-corrected chi connectivity index (χ3v) is 6.46. The van der Waals surface area contributed by atoms with Gasteiger partial charge in [-0.3, -0.25) is 19.3 Å². The number of anilines is 1. The van der Waals surface area contributed by atoms with E-state index in [1.165, 1.54) is 0 Å². The van der Waals surface area contributed by atoms with Crippen LogP contribution in [0.2, 0.25) is 10.0 Å². The van der Waals surface area contributed by atoms with Crippen molar-refractivity contribution in [2.45, 2.75) is 6.61 Å². The number of nitrogens with one attached hydrogen (secondary N) is 1. The Morgan fingerprint density at radius 2 is 1.62 bits per heavy atom. The van der Waals surface area contributed by atoms with Crippen molar-refractivity contribution in [1.29, 1.82) is 0 Å². The van der Waals surface area contributed by atoms with Crippen LogP contribution in [0.15, 0.2) is 77.7 Å². The van der Waals surface area contributed by atoms with Crippen molar-refractivity contribution < 1.29 is 19.1 Å². The number of nitrogens with zero attached hydrogens (tertiary/aromatic N) is 1. The Hall–Kier alpha value is -3.26. The molecule has 0 aromatic heterocycles. The minimum atomic E-state index is -0.525. The van der Waals surface area contributed by atoms with Gasteiger partial charge in [0.2, 0.25) is 5.91 Å². The van der Waals surface area contributed by atoms with Crippen molar-refractivity contribution in [3.05, 3.63) is 98.9 Å². The number of imide groups is 1. The lowest BCUT2D eigenvalue weighted by atomic mass is 10.2. The fourth-order valence-corrected chi connectivity index (χ4v) is 4.33. The Balaban J connectivity index is 1.37. The third-order valence-electron chi connectivity index (χ3n) is 4.85. The lowest BCUT2D eigenvalue weighted by Crippen LogP contribution is -2.36. The second kappa shape index (κ2) is 10.8. The van der Waals surface area contributed by atoms with Crippen LogP contribution in [0, 0.1) is 0 Å². The molecule has 0 unspecified atom stereocenters. The SMILES string of the molecule is O=C(CN1C(=O)S/C(=C/c2ccc(OCc3ccccc3Cl)cc2)C1=O)Nc1ccccc1Cl. The van der Waals surface area contributed by atoms with Gasteiger partial charge in [-0.2, -0.15) is 0 Å². The molecule has 34 heavy (non-hydrogen) atoms. The molecule has 0 aliphatic carbocycles. The highest BCUT2D eigenvalue weighted by Gasteiger charge is 2.36. The molecular formula is C25H18Cl2N2O4S. The molecule has 1 N–H and O–H groups in total. The Morgan fingerprint density at radius 3 is 2.32 bits per heavy atom. The lowest BCUT2D eigenvalue weighted by molar-refractivity contribution is -0.127. The largest absolute Gasteiger partial charge is 0.489 e. The van der Waals surface area contributed by atoms with Crippen molar-refractivity contribution >= 4 is 63.8 Å². The highest BCUT2D eigenvalue weighted by molar-refractivity contribution is 8.18. The van der Waals surface area contributed by atoms with Crippen LogP contribution in [0.25, 0.3) is 6.08 Å². The fraction of sp³-hybridized carbons (Fsp3) is 0.0800. The van der Waals surface area contributed by atoms with Gasteiger partial charge < -0.3 is 10.1 Å². The molecule has 6 nitrogen and oxygen atoms in total. The summed E-state index contributed by atoms with van der Waals surface area (Å²) in [5.74, 6) is -0.401. The molecule has 3 amide bonds. The number of thioether (sulfide) groups is 1.